The summed E-state index contributed by atoms with van der Waals surface area (Å²) in [7, 11) is 0. The maximum absolute atomic E-state index is 11.6. The number of anilines is 1. The van der Waals surface area contributed by atoms with Crippen LogP contribution in [0, 0.1) is 0 Å². The van der Waals surface area contributed by atoms with Crippen molar-refractivity contribution in [2.24, 2.45) is 5.73 Å². The van der Waals surface area contributed by atoms with Crippen molar-refractivity contribution in [2.45, 2.75) is 12.5 Å². The molecule has 0 bridgehead atoms. The molecule has 0 saturated carbocycles. The molecule has 0 spiro atoms. The Morgan fingerprint density at radius 3 is 2.40 bits per heavy atom. The van der Waals surface area contributed by atoms with Crippen LogP contribution in [0.15, 0.2) is 18.2 Å². The first-order valence-corrected chi connectivity index (χ1v) is 6.09. The molecule has 7 nitrogen and oxygen atoms in total. The van der Waals surface area contributed by atoms with Gasteiger partial charge in [-0.3, -0.25) is 4.79 Å². The Balaban J connectivity index is 2.67. The number of rotatable bonds is 5. The van der Waals surface area contributed by atoms with E-state index in [1.807, 2.05) is 0 Å². The Morgan fingerprint density at radius 1 is 1.25 bits per heavy atom. The molecule has 0 aromatic heterocycles. The van der Waals surface area contributed by atoms with Gasteiger partial charge in [-0.2, -0.15) is 0 Å². The molecular weight excluding hydrogens is 309 g/mol. The molecule has 0 fully saturated rings. The van der Waals surface area contributed by atoms with Gasteiger partial charge >= 0.3 is 12.0 Å². The van der Waals surface area contributed by atoms with Crippen LogP contribution in [0.2, 0.25) is 10.0 Å². The van der Waals surface area contributed by atoms with Crippen molar-refractivity contribution in [3.8, 4) is 0 Å². The Bertz CT molecular complexity index is 550. The second-order valence-electron chi connectivity index (χ2n) is 3.79. The van der Waals surface area contributed by atoms with Crippen LogP contribution in [-0.2, 0) is 9.59 Å². The lowest BCUT2D eigenvalue weighted by molar-refractivity contribution is -0.140. The van der Waals surface area contributed by atoms with Crippen LogP contribution in [0.25, 0.3) is 0 Å². The molecule has 0 unspecified atom stereocenters. The highest BCUT2D eigenvalue weighted by Crippen LogP contribution is 2.24. The number of nitrogens with one attached hydrogen (secondary N) is 2. The molecule has 1 rings (SSSR count). The number of amides is 3. The number of primary amides is 1. The smallest absolute Gasteiger partial charge is 0.326 e. The lowest BCUT2D eigenvalue weighted by Gasteiger charge is -2.13. The minimum Gasteiger partial charge on any atom is -0.480 e. The third kappa shape index (κ3) is 4.94. The zero-order valence-corrected chi connectivity index (χ0v) is 11.5. The molecule has 5 N–H and O–H groups in total. The van der Waals surface area contributed by atoms with E-state index in [-0.39, 0.29) is 5.02 Å². The van der Waals surface area contributed by atoms with Crippen LogP contribution >= 0.6 is 23.2 Å². The molecule has 1 atom stereocenters. The van der Waals surface area contributed by atoms with Gasteiger partial charge in [-0.25, -0.2) is 9.59 Å². The largest absolute Gasteiger partial charge is 0.480 e. The van der Waals surface area contributed by atoms with E-state index in [0.717, 1.165) is 0 Å². The van der Waals surface area contributed by atoms with Gasteiger partial charge in [-0.15, -0.1) is 0 Å². The second-order valence-corrected chi connectivity index (χ2v) is 4.60. The van der Waals surface area contributed by atoms with Gasteiger partial charge in [0.1, 0.15) is 6.04 Å². The van der Waals surface area contributed by atoms with Crippen LogP contribution in [0.3, 0.4) is 0 Å². The van der Waals surface area contributed by atoms with Gasteiger partial charge in [0.2, 0.25) is 5.91 Å². The molecule has 0 aliphatic heterocycles. The van der Waals surface area contributed by atoms with Gasteiger partial charge < -0.3 is 21.5 Å². The standard InChI is InChI=1S/C11H11Cl2N3O4/c12-6-2-1-5(3-7(6)13)15-11(20)16-8(10(18)19)4-9(14)17/h1-3,8H,4H2,(H2,14,17)(H,18,19)(H2,15,16,20)/t8-/m1/s1. The lowest BCUT2D eigenvalue weighted by atomic mass is 10.2. The first kappa shape index (κ1) is 16.1. The van der Waals surface area contributed by atoms with E-state index < -0.39 is 30.4 Å². The zero-order valence-electron chi connectivity index (χ0n) is 10.0. The first-order chi connectivity index (χ1) is 9.29. The van der Waals surface area contributed by atoms with E-state index in [1.54, 1.807) is 0 Å². The number of carbonyl (C=O) groups is 3. The Kier molecular flexibility index (Phi) is 5.60. The number of benzene rings is 1. The van der Waals surface area contributed by atoms with Crippen LogP contribution < -0.4 is 16.4 Å². The summed E-state index contributed by atoms with van der Waals surface area (Å²) in [6, 6.07) is 2.13. The highest BCUT2D eigenvalue weighted by atomic mass is 35.5. The minimum absolute atomic E-state index is 0.233. The number of urea groups is 1. The Labute approximate surface area is 124 Å². The van der Waals surface area contributed by atoms with Gasteiger partial charge in [0.15, 0.2) is 0 Å². The van der Waals surface area contributed by atoms with Gasteiger partial charge in [0, 0.05) is 5.69 Å². The van der Waals surface area contributed by atoms with Crippen LogP contribution in [-0.4, -0.2) is 29.1 Å². The van der Waals surface area contributed by atoms with Crippen molar-refractivity contribution >= 4 is 46.8 Å². The van der Waals surface area contributed by atoms with Crippen molar-refractivity contribution in [1.82, 2.24) is 5.32 Å². The molecule has 0 heterocycles. The maximum Gasteiger partial charge on any atom is 0.326 e. The van der Waals surface area contributed by atoms with Crippen LogP contribution in [0.1, 0.15) is 6.42 Å². The SMILES string of the molecule is NC(=O)C[C@@H](NC(=O)Nc1ccc(Cl)c(Cl)c1)C(=O)O. The highest BCUT2D eigenvalue weighted by Gasteiger charge is 2.22. The van der Waals surface area contributed by atoms with Crippen molar-refractivity contribution in [1.29, 1.82) is 0 Å². The number of aliphatic carboxylic acids is 1. The summed E-state index contributed by atoms with van der Waals surface area (Å²) in [5.41, 5.74) is 5.21. The van der Waals surface area contributed by atoms with E-state index in [0.29, 0.717) is 10.7 Å². The quantitative estimate of drug-likeness (QED) is 0.656. The molecule has 3 amide bonds. The van der Waals surface area contributed by atoms with E-state index in [4.69, 9.17) is 34.0 Å². The van der Waals surface area contributed by atoms with Gasteiger partial charge in [-0.1, -0.05) is 23.2 Å². The average molecular weight is 320 g/mol. The molecule has 0 aliphatic rings. The van der Waals surface area contributed by atoms with Crippen molar-refractivity contribution in [3.63, 3.8) is 0 Å². The molecular formula is C11H11Cl2N3O4. The Hall–Kier alpha value is -1.99. The summed E-state index contributed by atoms with van der Waals surface area (Å²) in [4.78, 5) is 33.1. The fourth-order valence-corrected chi connectivity index (χ4v) is 1.60. The van der Waals surface area contributed by atoms with E-state index in [2.05, 4.69) is 10.6 Å². The first-order valence-electron chi connectivity index (χ1n) is 5.33. The van der Waals surface area contributed by atoms with Crippen molar-refractivity contribution in [2.75, 3.05) is 5.32 Å². The Morgan fingerprint density at radius 2 is 1.90 bits per heavy atom. The fraction of sp³-hybridized carbons (Fsp3) is 0.182. The normalized spacial score (nSPS) is 11.5. The van der Waals surface area contributed by atoms with Crippen molar-refractivity contribution in [3.05, 3.63) is 28.2 Å². The van der Waals surface area contributed by atoms with Gasteiger partial charge in [-0.05, 0) is 18.2 Å². The summed E-state index contributed by atoms with van der Waals surface area (Å²) in [6.07, 6.45) is -0.510. The lowest BCUT2D eigenvalue weighted by Crippen LogP contribution is -2.45. The third-order valence-electron chi connectivity index (χ3n) is 2.19. The molecule has 9 heteroatoms. The van der Waals surface area contributed by atoms with Crippen LogP contribution in [0.4, 0.5) is 10.5 Å². The fourth-order valence-electron chi connectivity index (χ4n) is 1.30. The molecule has 20 heavy (non-hydrogen) atoms. The molecule has 0 saturated heterocycles. The summed E-state index contributed by atoms with van der Waals surface area (Å²) in [5, 5.41) is 13.8. The summed E-state index contributed by atoms with van der Waals surface area (Å²) >= 11 is 11.5. The number of hydrogen-bond acceptors (Lipinski definition) is 3. The number of halogens is 2. The molecule has 0 aliphatic carbocycles. The predicted molar refractivity (Wildman–Crippen MR) is 73.9 cm³/mol. The topological polar surface area (TPSA) is 122 Å². The van der Waals surface area contributed by atoms with Crippen molar-refractivity contribution < 1.29 is 19.5 Å². The zero-order chi connectivity index (χ0) is 15.3. The summed E-state index contributed by atoms with van der Waals surface area (Å²) < 4.78 is 0. The highest BCUT2D eigenvalue weighted by molar-refractivity contribution is 6.42. The molecule has 0 radical (unpaired) electrons. The predicted octanol–water partition coefficient (Wildman–Crippen LogP) is 1.44. The number of hydrogen-bond donors (Lipinski definition) is 4. The number of nitrogens with two attached hydrogens (primary N) is 1. The molecule has 1 aromatic rings. The van der Waals surface area contributed by atoms with E-state index >= 15 is 0 Å². The number of carboxylic acids is 1. The van der Waals surface area contributed by atoms with Gasteiger partial charge in [0.25, 0.3) is 0 Å². The van der Waals surface area contributed by atoms with E-state index in [9.17, 15) is 14.4 Å². The molecule has 1 aromatic carbocycles. The maximum atomic E-state index is 11.6. The minimum atomic E-state index is -1.41. The monoisotopic (exact) mass is 319 g/mol. The summed E-state index contributed by atoms with van der Waals surface area (Å²) in [6.45, 7) is 0. The second kappa shape index (κ2) is 6.97. The average Bonchev–Trinajstić information content (AvgIpc) is 2.32. The van der Waals surface area contributed by atoms with Crippen LogP contribution in [0.5, 0.6) is 0 Å². The number of carboxylic acid groups (broad SMARTS) is 1. The summed E-state index contributed by atoms with van der Waals surface area (Å²) in [5.74, 6) is -2.21. The third-order valence-corrected chi connectivity index (χ3v) is 2.93. The van der Waals surface area contributed by atoms with E-state index in [1.165, 1.54) is 18.2 Å². The number of carbonyl (C=O) groups excluding carboxylic acids is 2. The molecule has 108 valence electrons. The van der Waals surface area contributed by atoms with Gasteiger partial charge in [0.05, 0.1) is 16.5 Å².